The third-order valence-electron chi connectivity index (χ3n) is 3.98. The first-order valence-corrected chi connectivity index (χ1v) is 7.17. The Hall–Kier alpha value is -2.33. The molecule has 1 aliphatic heterocycles. The predicted octanol–water partition coefficient (Wildman–Crippen LogP) is 3.29. The van der Waals surface area contributed by atoms with Crippen molar-refractivity contribution in [3.8, 4) is 0 Å². The first-order valence-electron chi connectivity index (χ1n) is 7.17. The summed E-state index contributed by atoms with van der Waals surface area (Å²) < 4.78 is 0. The second kappa shape index (κ2) is 5.22. The van der Waals surface area contributed by atoms with Gasteiger partial charge in [-0.2, -0.15) is 5.43 Å². The standard InChI is InChI=1S/C17H19N3O/c1-3-17(14-10-5-4-6-11-14)18-16(21)20(19-17)15-12-8-7-9-13(15)2/h4-12,19H,3H2,1-2H3,(H,18,21)/t17-/m0/s1. The lowest BCUT2D eigenvalue weighted by Gasteiger charge is -2.29. The molecule has 2 aromatic rings. The van der Waals surface area contributed by atoms with Gasteiger partial charge in [0.15, 0.2) is 0 Å². The summed E-state index contributed by atoms with van der Waals surface area (Å²) in [5.41, 5.74) is 5.78. The molecule has 2 N–H and O–H groups in total. The van der Waals surface area contributed by atoms with Gasteiger partial charge >= 0.3 is 6.03 Å². The fraction of sp³-hybridized carbons (Fsp3) is 0.235. The van der Waals surface area contributed by atoms with Crippen LogP contribution in [0.4, 0.5) is 10.5 Å². The number of anilines is 1. The van der Waals surface area contributed by atoms with Gasteiger partial charge in [0.05, 0.1) is 5.69 Å². The number of nitrogens with one attached hydrogen (secondary N) is 2. The molecule has 0 aromatic heterocycles. The van der Waals surface area contributed by atoms with E-state index in [0.29, 0.717) is 0 Å². The molecule has 0 aliphatic carbocycles. The molecule has 0 bridgehead atoms. The molecular formula is C17H19N3O. The molecule has 2 amide bonds. The van der Waals surface area contributed by atoms with Crippen molar-refractivity contribution in [3.05, 3.63) is 65.7 Å². The van der Waals surface area contributed by atoms with E-state index in [-0.39, 0.29) is 6.03 Å². The minimum absolute atomic E-state index is 0.130. The molecule has 21 heavy (non-hydrogen) atoms. The van der Waals surface area contributed by atoms with E-state index < -0.39 is 5.66 Å². The van der Waals surface area contributed by atoms with Crippen molar-refractivity contribution < 1.29 is 4.79 Å². The number of para-hydroxylation sites is 1. The second-order valence-electron chi connectivity index (χ2n) is 5.29. The van der Waals surface area contributed by atoms with Gasteiger partial charge in [0.2, 0.25) is 0 Å². The Morgan fingerprint density at radius 1 is 1.05 bits per heavy atom. The predicted molar refractivity (Wildman–Crippen MR) is 83.7 cm³/mol. The molecule has 2 aromatic carbocycles. The number of benzene rings is 2. The van der Waals surface area contributed by atoms with Gasteiger partial charge in [-0.15, -0.1) is 0 Å². The van der Waals surface area contributed by atoms with E-state index in [0.717, 1.165) is 23.2 Å². The normalized spacial score (nSPS) is 21.4. The van der Waals surface area contributed by atoms with Gasteiger partial charge in [0.25, 0.3) is 0 Å². The fourth-order valence-electron chi connectivity index (χ4n) is 2.72. The molecule has 0 radical (unpaired) electrons. The lowest BCUT2D eigenvalue weighted by molar-refractivity contribution is 0.245. The van der Waals surface area contributed by atoms with Crippen LogP contribution in [0, 0.1) is 6.92 Å². The van der Waals surface area contributed by atoms with Crippen molar-refractivity contribution in [1.82, 2.24) is 10.7 Å². The highest BCUT2D eigenvalue weighted by Crippen LogP contribution is 2.30. The number of urea groups is 1. The molecule has 0 spiro atoms. The van der Waals surface area contributed by atoms with E-state index in [1.54, 1.807) is 5.01 Å². The lowest BCUT2D eigenvalue weighted by atomic mass is 9.98. The zero-order chi connectivity index (χ0) is 14.9. The van der Waals surface area contributed by atoms with Crippen LogP contribution in [-0.2, 0) is 5.66 Å². The molecule has 4 heteroatoms. The highest BCUT2D eigenvalue weighted by Gasteiger charge is 2.42. The smallest absolute Gasteiger partial charge is 0.313 e. The van der Waals surface area contributed by atoms with Crippen molar-refractivity contribution in [1.29, 1.82) is 0 Å². The minimum Gasteiger partial charge on any atom is -0.313 e. The first kappa shape index (κ1) is 13.6. The maximum absolute atomic E-state index is 12.4. The van der Waals surface area contributed by atoms with E-state index in [2.05, 4.69) is 17.7 Å². The molecule has 1 saturated heterocycles. The molecule has 1 fully saturated rings. The average Bonchev–Trinajstić information content (AvgIpc) is 2.87. The molecule has 1 aliphatic rings. The monoisotopic (exact) mass is 281 g/mol. The number of rotatable bonds is 3. The van der Waals surface area contributed by atoms with E-state index in [1.165, 1.54) is 0 Å². The molecule has 4 nitrogen and oxygen atoms in total. The van der Waals surface area contributed by atoms with Gasteiger partial charge in [-0.1, -0.05) is 55.5 Å². The lowest BCUT2D eigenvalue weighted by Crippen LogP contribution is -2.48. The molecule has 0 saturated carbocycles. The van der Waals surface area contributed by atoms with Gasteiger partial charge in [-0.3, -0.25) is 0 Å². The second-order valence-corrected chi connectivity index (χ2v) is 5.29. The topological polar surface area (TPSA) is 44.4 Å². The van der Waals surface area contributed by atoms with E-state index in [4.69, 9.17) is 0 Å². The number of hydrazine groups is 1. The van der Waals surface area contributed by atoms with Crippen molar-refractivity contribution in [2.24, 2.45) is 0 Å². The summed E-state index contributed by atoms with van der Waals surface area (Å²) in [6, 6.07) is 17.7. The summed E-state index contributed by atoms with van der Waals surface area (Å²) in [7, 11) is 0. The summed E-state index contributed by atoms with van der Waals surface area (Å²) in [6.07, 6.45) is 0.755. The Morgan fingerprint density at radius 3 is 2.38 bits per heavy atom. The van der Waals surface area contributed by atoms with E-state index in [1.807, 2.05) is 61.5 Å². The summed E-state index contributed by atoms with van der Waals surface area (Å²) >= 11 is 0. The van der Waals surface area contributed by atoms with Crippen LogP contribution in [0.25, 0.3) is 0 Å². The average molecular weight is 281 g/mol. The highest BCUT2D eigenvalue weighted by molar-refractivity contribution is 5.94. The summed E-state index contributed by atoms with van der Waals surface area (Å²) in [6.45, 7) is 4.06. The molecule has 1 atom stereocenters. The highest BCUT2D eigenvalue weighted by atomic mass is 16.2. The van der Waals surface area contributed by atoms with Crippen molar-refractivity contribution in [2.75, 3.05) is 5.01 Å². The Labute approximate surface area is 124 Å². The maximum Gasteiger partial charge on any atom is 0.338 e. The molecule has 1 heterocycles. The number of amides is 2. The summed E-state index contributed by atoms with van der Waals surface area (Å²) in [4.78, 5) is 12.4. The largest absolute Gasteiger partial charge is 0.338 e. The summed E-state index contributed by atoms with van der Waals surface area (Å²) in [5.74, 6) is 0. The van der Waals surface area contributed by atoms with Crippen LogP contribution in [0.15, 0.2) is 54.6 Å². The Morgan fingerprint density at radius 2 is 1.71 bits per heavy atom. The van der Waals surface area contributed by atoms with Gasteiger partial charge in [0, 0.05) is 0 Å². The van der Waals surface area contributed by atoms with Crippen LogP contribution in [0.5, 0.6) is 0 Å². The number of carbonyl (C=O) groups excluding carboxylic acids is 1. The van der Waals surface area contributed by atoms with E-state index in [9.17, 15) is 4.79 Å². The summed E-state index contributed by atoms with van der Waals surface area (Å²) in [5, 5.41) is 4.69. The van der Waals surface area contributed by atoms with Crippen LogP contribution < -0.4 is 15.8 Å². The van der Waals surface area contributed by atoms with E-state index >= 15 is 0 Å². The van der Waals surface area contributed by atoms with Gasteiger partial charge in [-0.25, -0.2) is 9.80 Å². The van der Waals surface area contributed by atoms with Crippen LogP contribution >= 0.6 is 0 Å². The Bertz CT molecular complexity index is 656. The van der Waals surface area contributed by atoms with Gasteiger partial charge < -0.3 is 5.32 Å². The first-order chi connectivity index (χ1) is 10.2. The zero-order valence-electron chi connectivity index (χ0n) is 12.3. The third-order valence-corrected chi connectivity index (χ3v) is 3.98. The minimum atomic E-state index is -0.555. The zero-order valence-corrected chi connectivity index (χ0v) is 12.3. The number of carbonyl (C=O) groups is 1. The quantitative estimate of drug-likeness (QED) is 0.906. The number of hydrogen-bond acceptors (Lipinski definition) is 2. The SMILES string of the molecule is CC[C@]1(c2ccccc2)NC(=O)N(c2ccccc2C)N1. The van der Waals surface area contributed by atoms with Crippen LogP contribution in [0.3, 0.4) is 0 Å². The molecule has 0 unspecified atom stereocenters. The maximum atomic E-state index is 12.4. The molecule has 3 rings (SSSR count). The molecule has 108 valence electrons. The Kier molecular flexibility index (Phi) is 3.39. The van der Waals surface area contributed by atoms with Crippen molar-refractivity contribution in [2.45, 2.75) is 25.9 Å². The van der Waals surface area contributed by atoms with Crippen molar-refractivity contribution in [3.63, 3.8) is 0 Å². The van der Waals surface area contributed by atoms with Crippen LogP contribution in [0.1, 0.15) is 24.5 Å². The Balaban J connectivity index is 1.99. The fourth-order valence-corrected chi connectivity index (χ4v) is 2.72. The molecular weight excluding hydrogens is 262 g/mol. The van der Waals surface area contributed by atoms with Gasteiger partial charge in [0.1, 0.15) is 5.66 Å². The van der Waals surface area contributed by atoms with Crippen molar-refractivity contribution >= 4 is 11.7 Å². The van der Waals surface area contributed by atoms with Gasteiger partial charge in [-0.05, 0) is 30.5 Å². The van der Waals surface area contributed by atoms with Crippen LogP contribution in [-0.4, -0.2) is 6.03 Å². The third kappa shape index (κ3) is 2.28. The number of nitrogens with zero attached hydrogens (tertiary/aromatic N) is 1. The number of aryl methyl sites for hydroxylation is 1. The van der Waals surface area contributed by atoms with Crippen LogP contribution in [0.2, 0.25) is 0 Å². The number of hydrogen-bond donors (Lipinski definition) is 2.